The highest BCUT2D eigenvalue weighted by atomic mass is 16.5. The molecular weight excluding hydrogens is 230 g/mol. The SMILES string of the molecule is CCOC(=O)CCCC(=O)c1ccc(C#N)cc1. The van der Waals surface area contributed by atoms with Crippen LogP contribution in [0.25, 0.3) is 0 Å². The molecule has 0 fully saturated rings. The standard InChI is InChI=1S/C14H15NO3/c1-2-18-14(17)5-3-4-13(16)12-8-6-11(10-15)7-9-12/h6-9H,2-5H2,1H3. The lowest BCUT2D eigenvalue weighted by Crippen LogP contribution is -2.05. The molecule has 1 rings (SSSR count). The molecule has 0 spiro atoms. The number of hydrogen-bond donors (Lipinski definition) is 0. The van der Waals surface area contributed by atoms with Crippen LogP contribution in [0, 0.1) is 11.3 Å². The van der Waals surface area contributed by atoms with Gasteiger partial charge in [-0.2, -0.15) is 5.26 Å². The van der Waals surface area contributed by atoms with E-state index in [0.717, 1.165) is 0 Å². The lowest BCUT2D eigenvalue weighted by atomic mass is 10.0. The van der Waals surface area contributed by atoms with E-state index in [1.54, 1.807) is 31.2 Å². The Morgan fingerprint density at radius 1 is 1.22 bits per heavy atom. The zero-order valence-electron chi connectivity index (χ0n) is 10.3. The van der Waals surface area contributed by atoms with E-state index in [1.165, 1.54) is 0 Å². The minimum atomic E-state index is -0.273. The average Bonchev–Trinajstić information content (AvgIpc) is 2.39. The highest BCUT2D eigenvalue weighted by Gasteiger charge is 2.08. The number of esters is 1. The number of carbonyl (C=O) groups is 2. The Hall–Kier alpha value is -2.15. The van der Waals surface area contributed by atoms with Crippen LogP contribution in [0.5, 0.6) is 0 Å². The largest absolute Gasteiger partial charge is 0.466 e. The molecule has 0 unspecified atom stereocenters. The van der Waals surface area contributed by atoms with Gasteiger partial charge in [0.1, 0.15) is 0 Å². The van der Waals surface area contributed by atoms with Crippen molar-refractivity contribution in [1.29, 1.82) is 5.26 Å². The second-order valence-electron chi connectivity index (χ2n) is 3.77. The molecular formula is C14H15NO3. The molecule has 18 heavy (non-hydrogen) atoms. The quantitative estimate of drug-likeness (QED) is 0.570. The molecule has 0 heterocycles. The fourth-order valence-electron chi connectivity index (χ4n) is 1.50. The Balaban J connectivity index is 2.41. The third kappa shape index (κ3) is 4.38. The van der Waals surface area contributed by atoms with Crippen molar-refractivity contribution in [2.45, 2.75) is 26.2 Å². The Morgan fingerprint density at radius 2 is 1.89 bits per heavy atom. The molecule has 0 radical (unpaired) electrons. The fraction of sp³-hybridized carbons (Fsp3) is 0.357. The summed E-state index contributed by atoms with van der Waals surface area (Å²) in [5.74, 6) is -0.297. The molecule has 0 saturated heterocycles. The maximum atomic E-state index is 11.7. The zero-order chi connectivity index (χ0) is 13.4. The zero-order valence-corrected chi connectivity index (χ0v) is 10.3. The maximum absolute atomic E-state index is 11.7. The molecule has 0 atom stereocenters. The maximum Gasteiger partial charge on any atom is 0.305 e. The van der Waals surface area contributed by atoms with Gasteiger partial charge >= 0.3 is 5.97 Å². The molecule has 0 aliphatic rings. The number of ketones is 1. The number of carbonyl (C=O) groups excluding carboxylic acids is 2. The topological polar surface area (TPSA) is 67.2 Å². The number of nitrogens with zero attached hydrogens (tertiary/aromatic N) is 1. The minimum Gasteiger partial charge on any atom is -0.466 e. The van der Waals surface area contributed by atoms with Crippen molar-refractivity contribution in [3.8, 4) is 6.07 Å². The molecule has 0 aliphatic heterocycles. The predicted molar refractivity (Wildman–Crippen MR) is 66.0 cm³/mol. The monoisotopic (exact) mass is 245 g/mol. The van der Waals surface area contributed by atoms with E-state index in [2.05, 4.69) is 0 Å². The number of hydrogen-bond acceptors (Lipinski definition) is 4. The number of benzene rings is 1. The van der Waals surface area contributed by atoms with Gasteiger partial charge in [0.2, 0.25) is 0 Å². The summed E-state index contributed by atoms with van der Waals surface area (Å²) in [4.78, 5) is 22.8. The lowest BCUT2D eigenvalue weighted by molar-refractivity contribution is -0.143. The molecule has 0 aliphatic carbocycles. The first kappa shape index (κ1) is 13.9. The van der Waals surface area contributed by atoms with Crippen LogP contribution < -0.4 is 0 Å². The van der Waals surface area contributed by atoms with Gasteiger partial charge in [-0.3, -0.25) is 9.59 Å². The summed E-state index contributed by atoms with van der Waals surface area (Å²) >= 11 is 0. The van der Waals surface area contributed by atoms with Gasteiger partial charge in [-0.25, -0.2) is 0 Å². The molecule has 4 nitrogen and oxygen atoms in total. The molecule has 0 bridgehead atoms. The lowest BCUT2D eigenvalue weighted by Gasteiger charge is -2.02. The summed E-state index contributed by atoms with van der Waals surface area (Å²) in [5, 5.41) is 8.63. The molecule has 0 N–H and O–H groups in total. The van der Waals surface area contributed by atoms with E-state index in [4.69, 9.17) is 10.00 Å². The van der Waals surface area contributed by atoms with Crippen molar-refractivity contribution in [1.82, 2.24) is 0 Å². The normalized spacial score (nSPS) is 9.56. The molecule has 0 saturated carbocycles. The van der Waals surface area contributed by atoms with Crippen LogP contribution in [-0.2, 0) is 9.53 Å². The Kier molecular flexibility index (Phi) is 5.59. The highest BCUT2D eigenvalue weighted by Crippen LogP contribution is 2.09. The van der Waals surface area contributed by atoms with Crippen LogP contribution in [0.15, 0.2) is 24.3 Å². The van der Waals surface area contributed by atoms with Crippen LogP contribution in [0.4, 0.5) is 0 Å². The van der Waals surface area contributed by atoms with Gasteiger partial charge in [0.05, 0.1) is 18.2 Å². The van der Waals surface area contributed by atoms with Gasteiger partial charge in [0.15, 0.2) is 5.78 Å². The van der Waals surface area contributed by atoms with Crippen LogP contribution in [0.3, 0.4) is 0 Å². The van der Waals surface area contributed by atoms with Crippen molar-refractivity contribution in [3.05, 3.63) is 35.4 Å². The summed E-state index contributed by atoms with van der Waals surface area (Å²) in [6, 6.07) is 8.47. The molecule has 0 amide bonds. The van der Waals surface area contributed by atoms with Crippen molar-refractivity contribution < 1.29 is 14.3 Å². The minimum absolute atomic E-state index is 0.0243. The predicted octanol–water partition coefficient (Wildman–Crippen LogP) is 2.47. The Bertz CT molecular complexity index is 457. The fourth-order valence-corrected chi connectivity index (χ4v) is 1.50. The van der Waals surface area contributed by atoms with E-state index < -0.39 is 0 Å². The Labute approximate surface area is 106 Å². The summed E-state index contributed by atoms with van der Waals surface area (Å²) in [6.07, 6.45) is 1.05. The second-order valence-corrected chi connectivity index (χ2v) is 3.77. The second kappa shape index (κ2) is 7.23. The van der Waals surface area contributed by atoms with Crippen molar-refractivity contribution in [3.63, 3.8) is 0 Å². The van der Waals surface area contributed by atoms with Crippen molar-refractivity contribution in [2.75, 3.05) is 6.61 Å². The van der Waals surface area contributed by atoms with Gasteiger partial charge < -0.3 is 4.74 Å². The van der Waals surface area contributed by atoms with E-state index in [-0.39, 0.29) is 18.2 Å². The summed E-state index contributed by atoms with van der Waals surface area (Å²) in [6.45, 7) is 2.11. The van der Waals surface area contributed by atoms with Crippen molar-refractivity contribution >= 4 is 11.8 Å². The van der Waals surface area contributed by atoms with Crippen LogP contribution in [0.2, 0.25) is 0 Å². The van der Waals surface area contributed by atoms with E-state index in [9.17, 15) is 9.59 Å². The van der Waals surface area contributed by atoms with Gasteiger partial charge in [-0.05, 0) is 25.5 Å². The summed E-state index contributed by atoms with van der Waals surface area (Å²) < 4.78 is 4.77. The summed E-state index contributed by atoms with van der Waals surface area (Å²) in [7, 11) is 0. The van der Waals surface area contributed by atoms with Crippen molar-refractivity contribution in [2.24, 2.45) is 0 Å². The first-order chi connectivity index (χ1) is 8.67. The first-order valence-electron chi connectivity index (χ1n) is 5.86. The number of nitriles is 1. The summed E-state index contributed by atoms with van der Waals surface area (Å²) in [5.41, 5.74) is 1.09. The number of ether oxygens (including phenoxy) is 1. The van der Waals surface area contributed by atoms with Gasteiger partial charge in [-0.1, -0.05) is 12.1 Å². The molecule has 0 aromatic heterocycles. The third-order valence-corrected chi connectivity index (χ3v) is 2.43. The van der Waals surface area contributed by atoms with Gasteiger partial charge in [0, 0.05) is 18.4 Å². The van der Waals surface area contributed by atoms with E-state index in [0.29, 0.717) is 30.6 Å². The molecule has 1 aromatic carbocycles. The first-order valence-corrected chi connectivity index (χ1v) is 5.86. The third-order valence-electron chi connectivity index (χ3n) is 2.43. The number of Topliss-reactive ketones (excluding diaryl/α,β-unsaturated/α-hetero) is 1. The van der Waals surface area contributed by atoms with E-state index >= 15 is 0 Å². The molecule has 94 valence electrons. The number of rotatable bonds is 6. The molecule has 1 aromatic rings. The highest BCUT2D eigenvalue weighted by molar-refractivity contribution is 5.96. The van der Waals surface area contributed by atoms with Crippen LogP contribution in [-0.4, -0.2) is 18.4 Å². The van der Waals surface area contributed by atoms with Gasteiger partial charge in [-0.15, -0.1) is 0 Å². The van der Waals surface area contributed by atoms with E-state index in [1.807, 2.05) is 6.07 Å². The average molecular weight is 245 g/mol. The van der Waals surface area contributed by atoms with Crippen LogP contribution >= 0.6 is 0 Å². The van der Waals surface area contributed by atoms with Crippen LogP contribution in [0.1, 0.15) is 42.1 Å². The Morgan fingerprint density at radius 3 is 2.44 bits per heavy atom. The smallest absolute Gasteiger partial charge is 0.305 e. The molecule has 4 heteroatoms. The van der Waals surface area contributed by atoms with Gasteiger partial charge in [0.25, 0.3) is 0 Å².